The molecule has 1 atom stereocenters. The lowest BCUT2D eigenvalue weighted by Crippen LogP contribution is -2.42. The number of nitrogens with one attached hydrogen (secondary N) is 1. The summed E-state index contributed by atoms with van der Waals surface area (Å²) in [4.78, 5) is 15.1. The van der Waals surface area contributed by atoms with Crippen LogP contribution < -0.4 is 5.32 Å². The number of carbonyl (C=O) groups is 1. The number of amides is 1. The summed E-state index contributed by atoms with van der Waals surface area (Å²) in [7, 11) is 0. The number of rotatable bonds is 5. The molecule has 144 valence electrons. The van der Waals surface area contributed by atoms with Gasteiger partial charge >= 0.3 is 0 Å². The Labute approximate surface area is 165 Å². The van der Waals surface area contributed by atoms with Crippen molar-refractivity contribution in [3.63, 3.8) is 0 Å². The van der Waals surface area contributed by atoms with E-state index in [4.69, 9.17) is 0 Å². The van der Waals surface area contributed by atoms with E-state index in [9.17, 15) is 9.18 Å². The Balaban J connectivity index is 1.35. The second-order valence-electron chi connectivity index (χ2n) is 7.56. The molecule has 3 aromatic rings. The van der Waals surface area contributed by atoms with E-state index >= 15 is 0 Å². The second kappa shape index (κ2) is 8.53. The van der Waals surface area contributed by atoms with Crippen molar-refractivity contribution in [1.29, 1.82) is 0 Å². The third-order valence-corrected chi connectivity index (χ3v) is 5.53. The van der Waals surface area contributed by atoms with Crippen molar-refractivity contribution in [2.75, 3.05) is 13.1 Å². The van der Waals surface area contributed by atoms with Gasteiger partial charge in [0.25, 0.3) is 0 Å². The lowest BCUT2D eigenvalue weighted by Gasteiger charge is -2.32. The SMILES string of the molecule is O=C(NCc1cccc2ccccc12)C1CCCN(Cc2ccc(F)cc2)C1. The molecule has 3 aromatic carbocycles. The molecule has 1 fully saturated rings. The molecule has 4 rings (SSSR count). The molecular formula is C24H25FN2O. The average molecular weight is 376 g/mol. The zero-order valence-corrected chi connectivity index (χ0v) is 15.9. The fourth-order valence-corrected chi connectivity index (χ4v) is 4.03. The highest BCUT2D eigenvalue weighted by Crippen LogP contribution is 2.21. The predicted octanol–water partition coefficient (Wildman–Crippen LogP) is 4.51. The molecule has 1 amide bonds. The van der Waals surface area contributed by atoms with Crippen LogP contribution in [-0.4, -0.2) is 23.9 Å². The molecule has 1 heterocycles. The molecule has 0 spiro atoms. The molecular weight excluding hydrogens is 351 g/mol. The molecule has 0 aromatic heterocycles. The summed E-state index contributed by atoms with van der Waals surface area (Å²) in [5.74, 6) is -0.0889. The molecule has 1 aliphatic rings. The van der Waals surface area contributed by atoms with Gasteiger partial charge < -0.3 is 5.32 Å². The van der Waals surface area contributed by atoms with E-state index in [1.54, 1.807) is 0 Å². The van der Waals surface area contributed by atoms with Crippen molar-refractivity contribution in [3.8, 4) is 0 Å². The quantitative estimate of drug-likeness (QED) is 0.711. The minimum atomic E-state index is -0.215. The van der Waals surface area contributed by atoms with Gasteiger partial charge in [0.2, 0.25) is 5.91 Å². The molecule has 1 saturated heterocycles. The third kappa shape index (κ3) is 4.39. The number of hydrogen-bond acceptors (Lipinski definition) is 2. The summed E-state index contributed by atoms with van der Waals surface area (Å²) >= 11 is 0. The number of nitrogens with zero attached hydrogens (tertiary/aromatic N) is 1. The summed E-state index contributed by atoms with van der Waals surface area (Å²) in [6, 6.07) is 21.1. The Morgan fingerprint density at radius 1 is 1.04 bits per heavy atom. The fourth-order valence-electron chi connectivity index (χ4n) is 4.03. The molecule has 28 heavy (non-hydrogen) atoms. The van der Waals surface area contributed by atoms with Crippen LogP contribution >= 0.6 is 0 Å². The van der Waals surface area contributed by atoms with Crippen LogP contribution in [0.1, 0.15) is 24.0 Å². The third-order valence-electron chi connectivity index (χ3n) is 5.53. The smallest absolute Gasteiger partial charge is 0.224 e. The van der Waals surface area contributed by atoms with Crippen LogP contribution in [0.2, 0.25) is 0 Å². The highest BCUT2D eigenvalue weighted by atomic mass is 19.1. The van der Waals surface area contributed by atoms with E-state index in [1.807, 2.05) is 30.3 Å². The van der Waals surface area contributed by atoms with Crippen molar-refractivity contribution in [2.45, 2.75) is 25.9 Å². The van der Waals surface area contributed by atoms with Crippen LogP contribution in [-0.2, 0) is 17.9 Å². The molecule has 1 unspecified atom stereocenters. The van der Waals surface area contributed by atoms with Crippen molar-refractivity contribution in [2.24, 2.45) is 5.92 Å². The highest BCUT2D eigenvalue weighted by molar-refractivity contribution is 5.86. The Morgan fingerprint density at radius 2 is 1.82 bits per heavy atom. The zero-order chi connectivity index (χ0) is 19.3. The van der Waals surface area contributed by atoms with Gasteiger partial charge in [-0.15, -0.1) is 0 Å². The van der Waals surface area contributed by atoms with Gasteiger partial charge in [-0.05, 0) is 53.4 Å². The molecule has 3 nitrogen and oxygen atoms in total. The molecule has 1 aliphatic heterocycles. The minimum absolute atomic E-state index is 0.00387. The Bertz CT molecular complexity index is 949. The van der Waals surface area contributed by atoms with Crippen LogP contribution in [0, 0.1) is 11.7 Å². The lowest BCUT2D eigenvalue weighted by molar-refractivity contribution is -0.126. The maximum atomic E-state index is 13.1. The Morgan fingerprint density at radius 3 is 2.68 bits per heavy atom. The van der Waals surface area contributed by atoms with Gasteiger partial charge in [-0.1, -0.05) is 54.6 Å². The first kappa shape index (κ1) is 18.6. The first-order valence-electron chi connectivity index (χ1n) is 9.90. The van der Waals surface area contributed by atoms with E-state index < -0.39 is 0 Å². The summed E-state index contributed by atoms with van der Waals surface area (Å²) in [6.07, 6.45) is 1.93. The minimum Gasteiger partial charge on any atom is -0.352 e. The van der Waals surface area contributed by atoms with E-state index in [1.165, 1.54) is 22.9 Å². The molecule has 4 heteroatoms. The van der Waals surface area contributed by atoms with Crippen molar-refractivity contribution in [1.82, 2.24) is 10.2 Å². The standard InChI is InChI=1S/C24H25FN2O/c25-22-12-10-18(11-13-22)16-27-14-4-8-21(17-27)24(28)26-15-20-7-3-6-19-5-1-2-9-23(19)20/h1-3,5-7,9-13,21H,4,8,14-17H2,(H,26,28). The van der Waals surface area contributed by atoms with E-state index in [0.717, 1.165) is 43.6 Å². The second-order valence-corrected chi connectivity index (χ2v) is 7.56. The van der Waals surface area contributed by atoms with E-state index in [2.05, 4.69) is 34.5 Å². The maximum Gasteiger partial charge on any atom is 0.224 e. The zero-order valence-electron chi connectivity index (χ0n) is 15.9. The van der Waals surface area contributed by atoms with Gasteiger partial charge in [0.15, 0.2) is 0 Å². The predicted molar refractivity (Wildman–Crippen MR) is 110 cm³/mol. The number of fused-ring (bicyclic) bond motifs is 1. The molecule has 1 N–H and O–H groups in total. The summed E-state index contributed by atoms with van der Waals surface area (Å²) < 4.78 is 13.1. The van der Waals surface area contributed by atoms with Crippen LogP contribution in [0.25, 0.3) is 10.8 Å². The normalized spacial score (nSPS) is 17.5. The van der Waals surface area contributed by atoms with Gasteiger partial charge in [-0.3, -0.25) is 9.69 Å². The van der Waals surface area contributed by atoms with Crippen LogP contribution in [0.15, 0.2) is 66.7 Å². The fraction of sp³-hybridized carbons (Fsp3) is 0.292. The van der Waals surface area contributed by atoms with Crippen LogP contribution in [0.4, 0.5) is 4.39 Å². The van der Waals surface area contributed by atoms with Crippen molar-refractivity contribution < 1.29 is 9.18 Å². The number of benzene rings is 3. The van der Waals surface area contributed by atoms with Crippen LogP contribution in [0.5, 0.6) is 0 Å². The largest absolute Gasteiger partial charge is 0.352 e. The monoisotopic (exact) mass is 376 g/mol. The van der Waals surface area contributed by atoms with Crippen molar-refractivity contribution in [3.05, 3.63) is 83.7 Å². The molecule has 0 radical (unpaired) electrons. The van der Waals surface area contributed by atoms with Gasteiger partial charge in [0.1, 0.15) is 5.82 Å². The Hall–Kier alpha value is -2.72. The summed E-state index contributed by atoms with van der Waals surface area (Å²) in [6.45, 7) is 3.03. The number of hydrogen-bond donors (Lipinski definition) is 1. The number of halogens is 1. The first-order chi connectivity index (χ1) is 13.7. The average Bonchev–Trinajstić information content (AvgIpc) is 2.74. The number of carbonyl (C=O) groups excluding carboxylic acids is 1. The van der Waals surface area contributed by atoms with Gasteiger partial charge in [-0.2, -0.15) is 0 Å². The van der Waals surface area contributed by atoms with Gasteiger partial charge in [0, 0.05) is 19.6 Å². The molecule has 0 bridgehead atoms. The lowest BCUT2D eigenvalue weighted by atomic mass is 9.96. The maximum absolute atomic E-state index is 13.1. The van der Waals surface area contributed by atoms with Crippen molar-refractivity contribution >= 4 is 16.7 Å². The van der Waals surface area contributed by atoms with Gasteiger partial charge in [-0.25, -0.2) is 4.39 Å². The van der Waals surface area contributed by atoms with E-state index in [0.29, 0.717) is 6.54 Å². The first-order valence-corrected chi connectivity index (χ1v) is 9.90. The molecule has 0 saturated carbocycles. The topological polar surface area (TPSA) is 32.3 Å². The van der Waals surface area contributed by atoms with E-state index in [-0.39, 0.29) is 17.6 Å². The van der Waals surface area contributed by atoms with Crippen LogP contribution in [0.3, 0.4) is 0 Å². The molecule has 0 aliphatic carbocycles. The summed E-state index contributed by atoms with van der Waals surface area (Å²) in [5.41, 5.74) is 2.23. The highest BCUT2D eigenvalue weighted by Gasteiger charge is 2.25. The number of piperidine rings is 1. The summed E-state index contributed by atoms with van der Waals surface area (Å²) in [5, 5.41) is 5.52. The Kier molecular flexibility index (Phi) is 5.68. The number of likely N-dealkylation sites (tertiary alicyclic amines) is 1. The van der Waals surface area contributed by atoms with Gasteiger partial charge in [0.05, 0.1) is 5.92 Å².